The topological polar surface area (TPSA) is 18.5 Å². The molecule has 0 amide bonds. The van der Waals surface area contributed by atoms with Crippen LogP contribution in [-0.2, 0) is 0 Å². The summed E-state index contributed by atoms with van der Waals surface area (Å²) in [5.41, 5.74) is 2.01. The fourth-order valence-corrected chi connectivity index (χ4v) is 1.32. The number of aryl methyl sites for hydroxylation is 1. The van der Waals surface area contributed by atoms with Gasteiger partial charge in [-0.25, -0.2) is 0 Å². The lowest BCUT2D eigenvalue weighted by Crippen LogP contribution is -1.92. The minimum atomic E-state index is 0.827. The SMILES string of the molecule is C=Cc1cc(OC)cc(C)c1OC. The highest BCUT2D eigenvalue weighted by Gasteiger charge is 2.05. The van der Waals surface area contributed by atoms with Crippen molar-refractivity contribution in [3.8, 4) is 11.5 Å². The molecule has 13 heavy (non-hydrogen) atoms. The molecule has 1 rings (SSSR count). The third kappa shape index (κ3) is 1.83. The predicted molar refractivity (Wildman–Crippen MR) is 54.4 cm³/mol. The second kappa shape index (κ2) is 3.99. The Hall–Kier alpha value is -1.44. The Morgan fingerprint density at radius 2 is 1.92 bits per heavy atom. The molecule has 0 aliphatic heterocycles. The van der Waals surface area contributed by atoms with Crippen molar-refractivity contribution in [2.45, 2.75) is 6.92 Å². The van der Waals surface area contributed by atoms with Crippen LogP contribution in [0.2, 0.25) is 0 Å². The van der Waals surface area contributed by atoms with Crippen LogP contribution in [0.4, 0.5) is 0 Å². The smallest absolute Gasteiger partial charge is 0.129 e. The molecule has 0 spiro atoms. The van der Waals surface area contributed by atoms with E-state index in [1.165, 1.54) is 0 Å². The second-order valence-corrected chi connectivity index (χ2v) is 2.77. The lowest BCUT2D eigenvalue weighted by Gasteiger charge is -2.10. The molecular formula is C11H14O2. The Morgan fingerprint density at radius 3 is 2.38 bits per heavy atom. The summed E-state index contributed by atoms with van der Waals surface area (Å²) in [7, 11) is 3.30. The zero-order valence-corrected chi connectivity index (χ0v) is 8.26. The first kappa shape index (κ1) is 9.65. The van der Waals surface area contributed by atoms with Gasteiger partial charge in [-0.05, 0) is 24.6 Å². The normalized spacial score (nSPS) is 9.46. The number of hydrogen-bond acceptors (Lipinski definition) is 2. The van der Waals surface area contributed by atoms with Gasteiger partial charge in [-0.2, -0.15) is 0 Å². The molecule has 1 aromatic carbocycles. The number of methoxy groups -OCH3 is 2. The Labute approximate surface area is 78.8 Å². The average Bonchev–Trinajstić information content (AvgIpc) is 2.16. The van der Waals surface area contributed by atoms with E-state index in [0.717, 1.165) is 22.6 Å². The molecule has 0 radical (unpaired) electrons. The summed E-state index contributed by atoms with van der Waals surface area (Å²) in [6.45, 7) is 5.70. The minimum Gasteiger partial charge on any atom is -0.497 e. The molecule has 0 bridgehead atoms. The quantitative estimate of drug-likeness (QED) is 0.708. The van der Waals surface area contributed by atoms with Crippen LogP contribution in [0.5, 0.6) is 11.5 Å². The fourth-order valence-electron chi connectivity index (χ4n) is 1.32. The summed E-state index contributed by atoms with van der Waals surface area (Å²) in [5, 5.41) is 0. The van der Waals surface area contributed by atoms with Crippen molar-refractivity contribution in [2.75, 3.05) is 14.2 Å². The van der Waals surface area contributed by atoms with E-state index in [1.807, 2.05) is 19.1 Å². The van der Waals surface area contributed by atoms with E-state index in [9.17, 15) is 0 Å². The monoisotopic (exact) mass is 178 g/mol. The molecule has 0 saturated carbocycles. The van der Waals surface area contributed by atoms with Crippen LogP contribution in [0.15, 0.2) is 18.7 Å². The van der Waals surface area contributed by atoms with E-state index in [4.69, 9.17) is 9.47 Å². The second-order valence-electron chi connectivity index (χ2n) is 2.77. The Bertz CT molecular complexity index is 316. The number of ether oxygens (including phenoxy) is 2. The predicted octanol–water partition coefficient (Wildman–Crippen LogP) is 2.66. The molecule has 0 atom stereocenters. The zero-order chi connectivity index (χ0) is 9.84. The van der Waals surface area contributed by atoms with Gasteiger partial charge in [-0.3, -0.25) is 0 Å². The number of hydrogen-bond donors (Lipinski definition) is 0. The molecule has 1 aromatic rings. The van der Waals surface area contributed by atoms with E-state index in [0.29, 0.717) is 0 Å². The third-order valence-corrected chi connectivity index (χ3v) is 1.94. The molecule has 0 saturated heterocycles. The van der Waals surface area contributed by atoms with Crippen molar-refractivity contribution < 1.29 is 9.47 Å². The molecule has 70 valence electrons. The summed E-state index contributed by atoms with van der Waals surface area (Å²) in [6, 6.07) is 3.84. The van der Waals surface area contributed by atoms with E-state index in [1.54, 1.807) is 20.3 Å². The van der Waals surface area contributed by atoms with Gasteiger partial charge in [0.25, 0.3) is 0 Å². The van der Waals surface area contributed by atoms with Crippen molar-refractivity contribution in [1.82, 2.24) is 0 Å². The van der Waals surface area contributed by atoms with Crippen LogP contribution < -0.4 is 9.47 Å². The van der Waals surface area contributed by atoms with Gasteiger partial charge in [0.15, 0.2) is 0 Å². The molecule has 2 nitrogen and oxygen atoms in total. The maximum absolute atomic E-state index is 5.24. The molecule has 0 fully saturated rings. The molecule has 0 aliphatic carbocycles. The van der Waals surface area contributed by atoms with Crippen molar-refractivity contribution in [1.29, 1.82) is 0 Å². The lowest BCUT2D eigenvalue weighted by molar-refractivity contribution is 0.399. The van der Waals surface area contributed by atoms with Crippen LogP contribution in [0.1, 0.15) is 11.1 Å². The van der Waals surface area contributed by atoms with E-state index in [2.05, 4.69) is 6.58 Å². The average molecular weight is 178 g/mol. The third-order valence-electron chi connectivity index (χ3n) is 1.94. The molecule has 0 unspecified atom stereocenters. The molecule has 0 N–H and O–H groups in total. The summed E-state index contributed by atoms with van der Waals surface area (Å²) < 4.78 is 10.4. The van der Waals surface area contributed by atoms with Gasteiger partial charge < -0.3 is 9.47 Å². The Kier molecular flexibility index (Phi) is 2.96. The first-order valence-corrected chi connectivity index (χ1v) is 4.08. The fraction of sp³-hybridized carbons (Fsp3) is 0.273. The van der Waals surface area contributed by atoms with Crippen LogP contribution in [-0.4, -0.2) is 14.2 Å². The Balaban J connectivity index is 3.28. The highest BCUT2D eigenvalue weighted by Crippen LogP contribution is 2.29. The summed E-state index contributed by atoms with van der Waals surface area (Å²) in [4.78, 5) is 0. The van der Waals surface area contributed by atoms with Gasteiger partial charge in [0.05, 0.1) is 14.2 Å². The molecule has 0 aromatic heterocycles. The van der Waals surface area contributed by atoms with Crippen LogP contribution in [0.3, 0.4) is 0 Å². The van der Waals surface area contributed by atoms with Gasteiger partial charge >= 0.3 is 0 Å². The molecule has 2 heteroatoms. The first-order chi connectivity index (χ1) is 6.22. The van der Waals surface area contributed by atoms with E-state index in [-0.39, 0.29) is 0 Å². The lowest BCUT2D eigenvalue weighted by atomic mass is 10.1. The number of rotatable bonds is 3. The van der Waals surface area contributed by atoms with Crippen LogP contribution in [0.25, 0.3) is 6.08 Å². The van der Waals surface area contributed by atoms with Gasteiger partial charge in [-0.1, -0.05) is 12.7 Å². The van der Waals surface area contributed by atoms with Crippen molar-refractivity contribution >= 4 is 6.08 Å². The highest BCUT2D eigenvalue weighted by atomic mass is 16.5. The maximum Gasteiger partial charge on any atom is 0.129 e. The summed E-state index contributed by atoms with van der Waals surface area (Å²) >= 11 is 0. The minimum absolute atomic E-state index is 0.827. The van der Waals surface area contributed by atoms with Gasteiger partial charge in [0.1, 0.15) is 11.5 Å². The van der Waals surface area contributed by atoms with Crippen molar-refractivity contribution in [3.63, 3.8) is 0 Å². The molecule has 0 heterocycles. The van der Waals surface area contributed by atoms with Gasteiger partial charge in [0, 0.05) is 5.56 Å². The Morgan fingerprint density at radius 1 is 1.23 bits per heavy atom. The van der Waals surface area contributed by atoms with Crippen molar-refractivity contribution in [3.05, 3.63) is 29.8 Å². The molecular weight excluding hydrogens is 164 g/mol. The highest BCUT2D eigenvalue weighted by molar-refractivity contribution is 5.61. The summed E-state index contributed by atoms with van der Waals surface area (Å²) in [6.07, 6.45) is 1.76. The van der Waals surface area contributed by atoms with Crippen molar-refractivity contribution in [2.24, 2.45) is 0 Å². The van der Waals surface area contributed by atoms with Crippen LogP contribution in [0, 0.1) is 6.92 Å². The van der Waals surface area contributed by atoms with E-state index < -0.39 is 0 Å². The largest absolute Gasteiger partial charge is 0.497 e. The van der Waals surface area contributed by atoms with Crippen LogP contribution >= 0.6 is 0 Å². The number of benzene rings is 1. The van der Waals surface area contributed by atoms with Gasteiger partial charge in [0.2, 0.25) is 0 Å². The van der Waals surface area contributed by atoms with E-state index >= 15 is 0 Å². The molecule has 0 aliphatic rings. The maximum atomic E-state index is 5.24. The first-order valence-electron chi connectivity index (χ1n) is 4.08. The standard InChI is InChI=1S/C11H14O2/c1-5-9-7-10(12-3)6-8(2)11(9)13-4/h5-7H,1H2,2-4H3. The summed E-state index contributed by atoms with van der Waals surface area (Å²) in [5.74, 6) is 1.68. The van der Waals surface area contributed by atoms with Gasteiger partial charge in [-0.15, -0.1) is 0 Å². The zero-order valence-electron chi connectivity index (χ0n) is 8.26.